The number of hydrogen-bond donors (Lipinski definition) is 1. The molecule has 1 aromatic carbocycles. The van der Waals surface area contributed by atoms with E-state index in [9.17, 15) is 0 Å². The van der Waals surface area contributed by atoms with Crippen molar-refractivity contribution in [3.05, 3.63) is 55.2 Å². The van der Waals surface area contributed by atoms with E-state index in [-0.39, 0.29) is 0 Å². The fraction of sp³-hybridized carbons (Fsp3) is 0.375. The summed E-state index contributed by atoms with van der Waals surface area (Å²) in [5, 5.41) is 5.73. The summed E-state index contributed by atoms with van der Waals surface area (Å²) in [4.78, 5) is 1.36. The summed E-state index contributed by atoms with van der Waals surface area (Å²) in [6.45, 7) is 9.71. The summed E-state index contributed by atoms with van der Waals surface area (Å²) in [7, 11) is 0. The molecule has 0 fully saturated rings. The fourth-order valence-corrected chi connectivity index (χ4v) is 3.66. The molecular formula is C16H20BrNS. The molecule has 1 nitrogen and oxygen atoms in total. The summed E-state index contributed by atoms with van der Waals surface area (Å²) in [5.41, 5.74) is 5.51. The lowest BCUT2D eigenvalue weighted by Gasteiger charge is -2.18. The van der Waals surface area contributed by atoms with Gasteiger partial charge in [-0.2, -0.15) is 0 Å². The predicted molar refractivity (Wildman–Crippen MR) is 87.9 cm³/mol. The van der Waals surface area contributed by atoms with Gasteiger partial charge in [0.1, 0.15) is 0 Å². The standard InChI is InChI=1S/C16H20BrNS/c1-10-5-12(3)16(6-11(10)2)13(4)18-8-15-7-14(17)9-19-15/h5-7,9,13,18H,8H2,1-4H3. The zero-order valence-electron chi connectivity index (χ0n) is 11.9. The molecule has 1 unspecified atom stereocenters. The van der Waals surface area contributed by atoms with Crippen LogP contribution in [0.15, 0.2) is 28.1 Å². The van der Waals surface area contributed by atoms with Crippen molar-refractivity contribution in [2.24, 2.45) is 0 Å². The third-order valence-corrected chi connectivity index (χ3v) is 5.25. The zero-order valence-corrected chi connectivity index (χ0v) is 14.3. The molecule has 0 saturated carbocycles. The van der Waals surface area contributed by atoms with Crippen LogP contribution in [0.1, 0.15) is 40.1 Å². The number of hydrogen-bond acceptors (Lipinski definition) is 2. The van der Waals surface area contributed by atoms with Crippen LogP contribution in [-0.2, 0) is 6.54 Å². The van der Waals surface area contributed by atoms with Gasteiger partial charge in [-0.05, 0) is 71.9 Å². The van der Waals surface area contributed by atoms with Crippen LogP contribution in [0.3, 0.4) is 0 Å². The predicted octanol–water partition coefficient (Wildman–Crippen LogP) is 5.29. The van der Waals surface area contributed by atoms with E-state index in [0.717, 1.165) is 6.54 Å². The quantitative estimate of drug-likeness (QED) is 0.799. The van der Waals surface area contributed by atoms with E-state index in [1.165, 1.54) is 31.6 Å². The van der Waals surface area contributed by atoms with Crippen molar-refractivity contribution in [3.63, 3.8) is 0 Å². The number of halogens is 1. The Morgan fingerprint density at radius 1 is 1.11 bits per heavy atom. The van der Waals surface area contributed by atoms with Crippen molar-refractivity contribution in [3.8, 4) is 0 Å². The molecule has 1 N–H and O–H groups in total. The van der Waals surface area contributed by atoms with Crippen LogP contribution in [0.2, 0.25) is 0 Å². The Bertz CT molecular complexity index is 574. The lowest BCUT2D eigenvalue weighted by atomic mass is 9.96. The Labute approximate surface area is 128 Å². The maximum atomic E-state index is 3.61. The van der Waals surface area contributed by atoms with Gasteiger partial charge in [0, 0.05) is 27.3 Å². The first-order valence-corrected chi connectivity index (χ1v) is 8.18. The van der Waals surface area contributed by atoms with E-state index in [1.54, 1.807) is 11.3 Å². The maximum absolute atomic E-state index is 3.61. The second-order valence-electron chi connectivity index (χ2n) is 5.13. The Morgan fingerprint density at radius 2 is 1.79 bits per heavy atom. The number of rotatable bonds is 4. The zero-order chi connectivity index (χ0) is 14.0. The van der Waals surface area contributed by atoms with Gasteiger partial charge in [0.2, 0.25) is 0 Å². The molecule has 1 aromatic heterocycles. The van der Waals surface area contributed by atoms with Gasteiger partial charge in [0.25, 0.3) is 0 Å². The largest absolute Gasteiger partial charge is 0.305 e. The molecule has 1 atom stereocenters. The second-order valence-corrected chi connectivity index (χ2v) is 7.04. The normalized spacial score (nSPS) is 12.7. The van der Waals surface area contributed by atoms with E-state index < -0.39 is 0 Å². The number of nitrogens with one attached hydrogen (secondary N) is 1. The third kappa shape index (κ3) is 3.68. The van der Waals surface area contributed by atoms with Gasteiger partial charge in [0.15, 0.2) is 0 Å². The van der Waals surface area contributed by atoms with Gasteiger partial charge in [-0.3, -0.25) is 0 Å². The Morgan fingerprint density at radius 3 is 2.42 bits per heavy atom. The molecule has 102 valence electrons. The van der Waals surface area contributed by atoms with E-state index in [0.29, 0.717) is 6.04 Å². The number of benzene rings is 1. The van der Waals surface area contributed by atoms with E-state index in [4.69, 9.17) is 0 Å². The van der Waals surface area contributed by atoms with Crippen LogP contribution < -0.4 is 5.32 Å². The highest BCUT2D eigenvalue weighted by Gasteiger charge is 2.10. The number of aryl methyl sites for hydroxylation is 3. The molecule has 1 heterocycles. The first kappa shape index (κ1) is 14.8. The first-order chi connectivity index (χ1) is 8.97. The smallest absolute Gasteiger partial charge is 0.0305 e. The van der Waals surface area contributed by atoms with Crippen molar-refractivity contribution in [1.82, 2.24) is 5.32 Å². The summed E-state index contributed by atoms with van der Waals surface area (Å²) in [6, 6.07) is 7.15. The fourth-order valence-electron chi connectivity index (χ4n) is 2.26. The summed E-state index contributed by atoms with van der Waals surface area (Å²) in [5.74, 6) is 0. The summed E-state index contributed by atoms with van der Waals surface area (Å²) >= 11 is 5.28. The van der Waals surface area contributed by atoms with Crippen molar-refractivity contribution in [1.29, 1.82) is 0 Å². The molecule has 19 heavy (non-hydrogen) atoms. The first-order valence-electron chi connectivity index (χ1n) is 6.51. The molecule has 0 spiro atoms. The average molecular weight is 338 g/mol. The van der Waals surface area contributed by atoms with E-state index in [1.807, 2.05) is 0 Å². The molecule has 0 aliphatic carbocycles. The molecule has 0 amide bonds. The highest BCUT2D eigenvalue weighted by atomic mass is 79.9. The van der Waals surface area contributed by atoms with Crippen molar-refractivity contribution in [2.75, 3.05) is 0 Å². The molecular weight excluding hydrogens is 318 g/mol. The Kier molecular flexibility index (Phi) is 4.82. The minimum atomic E-state index is 0.375. The van der Waals surface area contributed by atoms with Crippen LogP contribution in [0.25, 0.3) is 0 Å². The van der Waals surface area contributed by atoms with Crippen molar-refractivity contribution < 1.29 is 0 Å². The van der Waals surface area contributed by atoms with Gasteiger partial charge in [0.05, 0.1) is 0 Å². The average Bonchev–Trinajstić information content (AvgIpc) is 2.77. The monoisotopic (exact) mass is 337 g/mol. The second kappa shape index (κ2) is 6.21. The van der Waals surface area contributed by atoms with Gasteiger partial charge >= 0.3 is 0 Å². The van der Waals surface area contributed by atoms with Crippen LogP contribution in [0, 0.1) is 20.8 Å². The summed E-state index contributed by atoms with van der Waals surface area (Å²) < 4.78 is 1.17. The third-order valence-electron chi connectivity index (χ3n) is 3.55. The van der Waals surface area contributed by atoms with Crippen molar-refractivity contribution in [2.45, 2.75) is 40.3 Å². The number of thiophene rings is 1. The molecule has 0 aliphatic heterocycles. The minimum Gasteiger partial charge on any atom is -0.305 e. The van der Waals surface area contributed by atoms with Gasteiger partial charge in [-0.1, -0.05) is 12.1 Å². The Balaban J connectivity index is 2.07. The molecule has 3 heteroatoms. The van der Waals surface area contributed by atoms with Crippen molar-refractivity contribution >= 4 is 27.3 Å². The lowest BCUT2D eigenvalue weighted by molar-refractivity contribution is 0.576. The van der Waals surface area contributed by atoms with Crippen LogP contribution in [0.5, 0.6) is 0 Å². The van der Waals surface area contributed by atoms with Crippen LogP contribution in [0.4, 0.5) is 0 Å². The lowest BCUT2D eigenvalue weighted by Crippen LogP contribution is -2.18. The van der Waals surface area contributed by atoms with E-state index in [2.05, 4.69) is 72.5 Å². The SMILES string of the molecule is Cc1cc(C)c(C(C)NCc2cc(Br)cs2)cc1C. The van der Waals surface area contributed by atoms with E-state index >= 15 is 0 Å². The topological polar surface area (TPSA) is 12.0 Å². The van der Waals surface area contributed by atoms with Gasteiger partial charge in [-0.25, -0.2) is 0 Å². The molecule has 0 bridgehead atoms. The van der Waals surface area contributed by atoms with Gasteiger partial charge < -0.3 is 5.32 Å². The summed E-state index contributed by atoms with van der Waals surface area (Å²) in [6.07, 6.45) is 0. The highest BCUT2D eigenvalue weighted by Crippen LogP contribution is 2.23. The maximum Gasteiger partial charge on any atom is 0.0305 e. The molecule has 0 aliphatic rings. The van der Waals surface area contributed by atoms with Crippen LogP contribution in [-0.4, -0.2) is 0 Å². The molecule has 2 aromatic rings. The van der Waals surface area contributed by atoms with Gasteiger partial charge in [-0.15, -0.1) is 11.3 Å². The molecule has 2 rings (SSSR count). The minimum absolute atomic E-state index is 0.375. The Hall–Kier alpha value is -0.640. The molecule has 0 saturated heterocycles. The molecule has 0 radical (unpaired) electrons. The van der Waals surface area contributed by atoms with Crippen LogP contribution >= 0.6 is 27.3 Å². The highest BCUT2D eigenvalue weighted by molar-refractivity contribution is 9.10.